The fourth-order valence-electron chi connectivity index (χ4n) is 1.23. The molecule has 0 saturated heterocycles. The molecule has 0 heterocycles. The first-order valence-corrected chi connectivity index (χ1v) is 5.45. The summed E-state index contributed by atoms with van der Waals surface area (Å²) in [6.45, 7) is 1.29. The zero-order valence-electron chi connectivity index (χ0n) is 10.7. The van der Waals surface area contributed by atoms with Gasteiger partial charge in [0, 0.05) is 35.2 Å². The van der Waals surface area contributed by atoms with Gasteiger partial charge in [0.1, 0.15) is 22.4 Å². The average molecular weight is 309 g/mol. The van der Waals surface area contributed by atoms with Crippen molar-refractivity contribution in [2.75, 3.05) is 5.32 Å². The molecule has 101 valence electrons. The van der Waals surface area contributed by atoms with Gasteiger partial charge in [-0.15, -0.1) is 0 Å². The van der Waals surface area contributed by atoms with Crippen molar-refractivity contribution < 1.29 is 18.3 Å². The number of aliphatic hydroxyl groups is 1. The largest absolute Gasteiger partial charge is 0.511 e. The van der Waals surface area contributed by atoms with Crippen molar-refractivity contribution in [3.05, 3.63) is 41.2 Å². The maximum atomic E-state index is 12.3. The fraction of sp³-hybridized carbons (Fsp3) is 0.167. The van der Waals surface area contributed by atoms with E-state index in [1.54, 1.807) is 6.07 Å². The van der Waals surface area contributed by atoms with E-state index in [-0.39, 0.29) is 45.9 Å². The Hall–Kier alpha value is -1.07. The summed E-state index contributed by atoms with van der Waals surface area (Å²) in [4.78, 5) is -0.0535. The third kappa shape index (κ3) is 5.13. The molecule has 0 aliphatic carbocycles. The van der Waals surface area contributed by atoms with Crippen LogP contribution in [0, 0.1) is 11.3 Å². The molecule has 0 saturated carbocycles. The number of hydrogen-bond donors (Lipinski definition) is 2. The molecule has 0 fully saturated rings. The minimum Gasteiger partial charge on any atom is -0.511 e. The normalized spacial score (nSPS) is 11.8. The van der Waals surface area contributed by atoms with Crippen LogP contribution in [0.4, 0.5) is 18.9 Å². The number of benzene rings is 1. The SMILES string of the molecule is CC(O)=C(C#N)C(=S)Nc1ccc(C(F)(F)F)cc1.[Na]. The minimum absolute atomic E-state index is 0. The van der Waals surface area contributed by atoms with Crippen LogP contribution < -0.4 is 5.32 Å². The molecule has 0 aliphatic rings. The van der Waals surface area contributed by atoms with Gasteiger partial charge in [0.15, 0.2) is 0 Å². The molecule has 8 heteroatoms. The first-order chi connectivity index (χ1) is 8.75. The summed E-state index contributed by atoms with van der Waals surface area (Å²) in [5.74, 6) is -0.257. The molecule has 1 rings (SSSR count). The van der Waals surface area contributed by atoms with Crippen LogP contribution in [0.25, 0.3) is 0 Å². The second-order valence-electron chi connectivity index (χ2n) is 3.60. The Balaban J connectivity index is 0.00000361. The van der Waals surface area contributed by atoms with Gasteiger partial charge < -0.3 is 10.4 Å². The van der Waals surface area contributed by atoms with Crippen LogP contribution in [0.2, 0.25) is 0 Å². The molecule has 0 spiro atoms. The number of nitrogens with zero attached hydrogens (tertiary/aromatic N) is 1. The van der Waals surface area contributed by atoms with Gasteiger partial charge >= 0.3 is 6.18 Å². The first kappa shape index (κ1) is 18.9. The number of allylic oxidation sites excluding steroid dienone is 1. The molecule has 0 bridgehead atoms. The van der Waals surface area contributed by atoms with Gasteiger partial charge in [0.05, 0.1) is 5.56 Å². The van der Waals surface area contributed by atoms with Crippen molar-refractivity contribution in [3.8, 4) is 6.07 Å². The predicted octanol–water partition coefficient (Wildman–Crippen LogP) is 3.42. The zero-order chi connectivity index (χ0) is 14.6. The van der Waals surface area contributed by atoms with E-state index in [0.717, 1.165) is 12.1 Å². The van der Waals surface area contributed by atoms with Crippen molar-refractivity contribution in [2.24, 2.45) is 0 Å². The van der Waals surface area contributed by atoms with Crippen LogP contribution in [0.5, 0.6) is 0 Å². The van der Waals surface area contributed by atoms with E-state index < -0.39 is 11.7 Å². The Labute approximate surface area is 141 Å². The molecule has 3 nitrogen and oxygen atoms in total. The Kier molecular flexibility index (Phi) is 7.23. The quantitative estimate of drug-likeness (QED) is 0.289. The number of halogens is 3. The predicted molar refractivity (Wildman–Crippen MR) is 74.4 cm³/mol. The standard InChI is InChI=1S/C12H9F3N2OS.Na/c1-7(18)10(6-16)11(19)17-9-4-2-8(3-5-9)12(13,14)15;/h2-5,18H,1H3,(H,17,19);. The fourth-order valence-corrected chi connectivity index (χ4v) is 1.54. The van der Waals surface area contributed by atoms with E-state index in [1.165, 1.54) is 19.1 Å². The monoisotopic (exact) mass is 309 g/mol. The number of aliphatic hydroxyl groups excluding tert-OH is 1. The summed E-state index contributed by atoms with van der Waals surface area (Å²) in [5, 5.41) is 20.5. The molecule has 0 atom stereocenters. The van der Waals surface area contributed by atoms with Crippen LogP contribution in [-0.2, 0) is 6.18 Å². The van der Waals surface area contributed by atoms with Crippen LogP contribution in [0.1, 0.15) is 12.5 Å². The van der Waals surface area contributed by atoms with Gasteiger partial charge in [0.2, 0.25) is 0 Å². The summed E-state index contributed by atoms with van der Waals surface area (Å²) in [5.41, 5.74) is -0.611. The van der Waals surface area contributed by atoms with Crippen LogP contribution in [0.15, 0.2) is 35.6 Å². The molecule has 1 aromatic carbocycles. The molecule has 1 radical (unpaired) electrons. The molecule has 2 N–H and O–H groups in total. The third-order valence-corrected chi connectivity index (χ3v) is 2.48. The van der Waals surface area contributed by atoms with Crippen molar-refractivity contribution in [3.63, 3.8) is 0 Å². The van der Waals surface area contributed by atoms with Crippen molar-refractivity contribution in [1.29, 1.82) is 5.26 Å². The van der Waals surface area contributed by atoms with E-state index in [4.69, 9.17) is 17.5 Å². The number of thiocarbonyl (C=S) groups is 1. The van der Waals surface area contributed by atoms with Gasteiger partial charge in [0.25, 0.3) is 0 Å². The Morgan fingerprint density at radius 3 is 2.15 bits per heavy atom. The van der Waals surface area contributed by atoms with E-state index in [9.17, 15) is 18.3 Å². The van der Waals surface area contributed by atoms with E-state index in [0.29, 0.717) is 5.69 Å². The number of nitriles is 1. The average Bonchev–Trinajstić information content (AvgIpc) is 2.28. The minimum atomic E-state index is -4.40. The molecule has 1 aromatic rings. The smallest absolute Gasteiger partial charge is 0.416 e. The summed E-state index contributed by atoms with van der Waals surface area (Å²) in [6, 6.07) is 5.88. The van der Waals surface area contributed by atoms with Gasteiger partial charge in [-0.2, -0.15) is 18.4 Å². The van der Waals surface area contributed by atoms with Crippen LogP contribution >= 0.6 is 12.2 Å². The molecule has 0 amide bonds. The molecule has 20 heavy (non-hydrogen) atoms. The second-order valence-corrected chi connectivity index (χ2v) is 4.01. The number of hydrogen-bond acceptors (Lipinski definition) is 3. The van der Waals surface area contributed by atoms with Crippen LogP contribution in [-0.4, -0.2) is 39.7 Å². The van der Waals surface area contributed by atoms with Gasteiger partial charge in [-0.25, -0.2) is 0 Å². The molecule has 0 unspecified atom stereocenters. The Bertz CT molecular complexity index is 558. The number of rotatable bonds is 2. The second kappa shape index (κ2) is 7.64. The van der Waals surface area contributed by atoms with Crippen LogP contribution in [0.3, 0.4) is 0 Å². The zero-order valence-corrected chi connectivity index (χ0v) is 13.6. The van der Waals surface area contributed by atoms with E-state index >= 15 is 0 Å². The van der Waals surface area contributed by atoms with Gasteiger partial charge in [-0.1, -0.05) is 12.2 Å². The molecular weight excluding hydrogens is 300 g/mol. The van der Waals surface area contributed by atoms with Gasteiger partial charge in [-0.05, 0) is 31.2 Å². The number of alkyl halides is 3. The van der Waals surface area contributed by atoms with Crippen molar-refractivity contribution in [1.82, 2.24) is 0 Å². The molecule has 0 aromatic heterocycles. The summed E-state index contributed by atoms with van der Waals surface area (Å²) >= 11 is 4.87. The topological polar surface area (TPSA) is 56.0 Å². The summed E-state index contributed by atoms with van der Waals surface area (Å²) in [7, 11) is 0. The summed E-state index contributed by atoms with van der Waals surface area (Å²) in [6.07, 6.45) is -4.40. The maximum Gasteiger partial charge on any atom is 0.416 e. The molecule has 0 aliphatic heterocycles. The maximum absolute atomic E-state index is 12.3. The van der Waals surface area contributed by atoms with E-state index in [2.05, 4.69) is 5.32 Å². The van der Waals surface area contributed by atoms with Crippen molar-refractivity contribution in [2.45, 2.75) is 13.1 Å². The molecular formula is C12H9F3N2NaOS. The Morgan fingerprint density at radius 2 is 1.80 bits per heavy atom. The van der Waals surface area contributed by atoms with E-state index in [1.807, 2.05) is 0 Å². The first-order valence-electron chi connectivity index (χ1n) is 5.04. The summed E-state index contributed by atoms with van der Waals surface area (Å²) < 4.78 is 37.0. The third-order valence-electron chi connectivity index (χ3n) is 2.17. The number of nitrogens with one attached hydrogen (secondary N) is 1. The Morgan fingerprint density at radius 1 is 1.30 bits per heavy atom. The van der Waals surface area contributed by atoms with Gasteiger partial charge in [-0.3, -0.25) is 0 Å². The number of anilines is 1. The van der Waals surface area contributed by atoms with Crippen molar-refractivity contribution >= 4 is 52.5 Å².